The second-order valence-corrected chi connectivity index (χ2v) is 6.75. The van der Waals surface area contributed by atoms with Crippen LogP contribution in [0.25, 0.3) is 11.3 Å². The van der Waals surface area contributed by atoms with Crippen LogP contribution in [0.15, 0.2) is 53.3 Å². The van der Waals surface area contributed by atoms with Gasteiger partial charge in [0, 0.05) is 11.6 Å². The summed E-state index contributed by atoms with van der Waals surface area (Å²) in [6.07, 6.45) is -10.1. The Morgan fingerprint density at radius 2 is 1.80 bits per heavy atom. The molecule has 1 aromatic heterocycles. The number of alkyl halides is 6. The first-order chi connectivity index (χ1) is 16.9. The largest absolute Gasteiger partial charge is 0.573 e. The molecule has 2 N–H and O–H groups in total. The van der Waals surface area contributed by atoms with E-state index < -0.39 is 76.7 Å². The maximum absolute atomic E-state index is 14.2. The molecule has 186 valence electrons. The fourth-order valence-corrected chi connectivity index (χ4v) is 2.97. The molecule has 0 aliphatic carbocycles. The van der Waals surface area contributed by atoms with Gasteiger partial charge in [0.15, 0.2) is 0 Å². The normalized spacial score (nSPS) is 13.1. The van der Waals surface area contributed by atoms with Crippen LogP contribution in [0.4, 0.5) is 36.4 Å². The molecule has 3 aromatic rings. The Labute approximate surface area is 194 Å². The van der Waals surface area contributed by atoms with Crippen molar-refractivity contribution in [1.29, 1.82) is 0 Å². The van der Waals surface area contributed by atoms with Crippen molar-refractivity contribution in [3.8, 4) is 17.0 Å². The Morgan fingerprint density at radius 1 is 1.11 bits per heavy atom. The van der Waals surface area contributed by atoms with E-state index in [1.165, 1.54) is 0 Å². The van der Waals surface area contributed by atoms with Crippen molar-refractivity contribution < 1.29 is 48.1 Å². The van der Waals surface area contributed by atoms with E-state index in [0.29, 0.717) is 35.0 Å². The lowest BCUT2D eigenvalue weighted by Gasteiger charge is -2.17. The molecule has 0 bridgehead atoms. The molecule has 35 heavy (non-hydrogen) atoms. The van der Waals surface area contributed by atoms with Crippen LogP contribution in [0.5, 0.6) is 5.75 Å². The molecule has 2 aromatic carbocycles. The van der Waals surface area contributed by atoms with E-state index in [2.05, 4.69) is 9.84 Å². The van der Waals surface area contributed by atoms with Crippen molar-refractivity contribution in [3.63, 3.8) is 0 Å². The maximum Gasteiger partial charge on any atom is 0.573 e. The van der Waals surface area contributed by atoms with E-state index in [4.69, 9.17) is 2.74 Å². The van der Waals surface area contributed by atoms with Crippen LogP contribution in [0.1, 0.15) is 18.7 Å². The van der Waals surface area contributed by atoms with E-state index in [0.717, 1.165) is 18.2 Å². The molecule has 0 aliphatic heterocycles. The van der Waals surface area contributed by atoms with Crippen molar-refractivity contribution in [2.45, 2.75) is 19.1 Å². The molecule has 1 amide bonds. The minimum atomic E-state index is -5.17. The van der Waals surface area contributed by atoms with Crippen LogP contribution >= 0.6 is 0 Å². The number of aromatic nitrogens is 2. The SMILES string of the molecule is [2H]C([2H])(O)Cn1nc(-c2ccccc2C(F)(F)F)c(NC(=O)c2cc(OC(F)(F)F)ccc2F)cc1=O. The Kier molecular flexibility index (Phi) is 6.35. The third-order valence-electron chi connectivity index (χ3n) is 4.37. The summed E-state index contributed by atoms with van der Waals surface area (Å²) in [5, 5.41) is 15.0. The number of anilines is 1. The lowest BCUT2D eigenvalue weighted by atomic mass is 10.0. The highest BCUT2D eigenvalue weighted by molar-refractivity contribution is 6.06. The van der Waals surface area contributed by atoms with Crippen LogP contribution in [0.2, 0.25) is 0 Å². The molecule has 0 aliphatic rings. The second-order valence-electron chi connectivity index (χ2n) is 6.75. The summed E-state index contributed by atoms with van der Waals surface area (Å²) < 4.78 is 111. The Bertz CT molecular complexity index is 1390. The predicted molar refractivity (Wildman–Crippen MR) is 107 cm³/mol. The minimum absolute atomic E-state index is 0.302. The summed E-state index contributed by atoms with van der Waals surface area (Å²) >= 11 is 0. The number of halogens is 7. The van der Waals surface area contributed by atoms with E-state index in [-0.39, 0.29) is 0 Å². The quantitative estimate of drug-likeness (QED) is 0.488. The van der Waals surface area contributed by atoms with Gasteiger partial charge in [0.2, 0.25) is 0 Å². The van der Waals surface area contributed by atoms with Gasteiger partial charge in [-0.2, -0.15) is 18.3 Å². The topological polar surface area (TPSA) is 93.5 Å². The summed E-state index contributed by atoms with van der Waals surface area (Å²) in [5.74, 6) is -3.76. The second kappa shape index (κ2) is 9.74. The van der Waals surface area contributed by atoms with Gasteiger partial charge in [-0.25, -0.2) is 9.07 Å². The van der Waals surface area contributed by atoms with Gasteiger partial charge in [-0.15, -0.1) is 13.2 Å². The lowest BCUT2D eigenvalue weighted by molar-refractivity contribution is -0.274. The molecule has 0 spiro atoms. The van der Waals surface area contributed by atoms with E-state index in [1.807, 2.05) is 5.32 Å². The third kappa shape index (κ3) is 6.15. The average Bonchev–Trinajstić information content (AvgIpc) is 2.74. The zero-order valence-corrected chi connectivity index (χ0v) is 17.0. The molecule has 1 heterocycles. The highest BCUT2D eigenvalue weighted by atomic mass is 19.4. The van der Waals surface area contributed by atoms with E-state index in [1.54, 1.807) is 0 Å². The number of hydrogen-bond donors (Lipinski definition) is 2. The molecule has 0 atom stereocenters. The Morgan fingerprint density at radius 3 is 2.43 bits per heavy atom. The first kappa shape index (κ1) is 22.8. The van der Waals surface area contributed by atoms with E-state index in [9.17, 15) is 45.4 Å². The van der Waals surface area contributed by atoms with E-state index >= 15 is 0 Å². The maximum atomic E-state index is 14.2. The summed E-state index contributed by atoms with van der Waals surface area (Å²) in [5.41, 5.74) is -5.59. The third-order valence-corrected chi connectivity index (χ3v) is 4.37. The number of carbonyl (C=O) groups is 1. The molecule has 0 saturated heterocycles. The summed E-state index contributed by atoms with van der Waals surface area (Å²) in [6, 6.07) is 5.75. The highest BCUT2D eigenvalue weighted by Gasteiger charge is 2.35. The lowest BCUT2D eigenvalue weighted by Crippen LogP contribution is -2.27. The molecule has 3 rings (SSSR count). The number of nitrogens with zero attached hydrogens (tertiary/aromatic N) is 2. The first-order valence-electron chi connectivity index (χ1n) is 10.3. The number of ether oxygens (including phenoxy) is 1. The number of hydrogen-bond acceptors (Lipinski definition) is 5. The van der Waals surface area contributed by atoms with Crippen molar-refractivity contribution >= 4 is 11.6 Å². The Hall–Kier alpha value is -3.94. The molecule has 0 saturated carbocycles. The molecule has 0 radical (unpaired) electrons. The van der Waals surface area contributed by atoms with Gasteiger partial charge in [0.1, 0.15) is 17.3 Å². The first-order valence-corrected chi connectivity index (χ1v) is 9.32. The number of nitrogens with one attached hydrogen (secondary N) is 1. The van der Waals surface area contributed by atoms with Crippen LogP contribution in [-0.2, 0) is 12.7 Å². The van der Waals surface area contributed by atoms with Gasteiger partial charge in [-0.05, 0) is 24.3 Å². The highest BCUT2D eigenvalue weighted by Crippen LogP contribution is 2.38. The number of carbonyl (C=O) groups excluding carboxylic acids is 1. The number of rotatable bonds is 6. The van der Waals surface area contributed by atoms with Gasteiger partial charge in [0.25, 0.3) is 11.5 Å². The fraction of sp³-hybridized carbons (Fsp3) is 0.190. The summed E-state index contributed by atoms with van der Waals surface area (Å²) in [7, 11) is 0. The monoisotopic (exact) mass is 507 g/mol. The van der Waals surface area contributed by atoms with Crippen LogP contribution in [0.3, 0.4) is 0 Å². The number of amides is 1. The van der Waals surface area contributed by atoms with Crippen molar-refractivity contribution in [1.82, 2.24) is 9.78 Å². The van der Waals surface area contributed by atoms with Gasteiger partial charge in [-0.1, -0.05) is 18.2 Å². The van der Waals surface area contributed by atoms with Crippen LogP contribution in [-0.4, -0.2) is 33.7 Å². The molecular formula is C21H14F7N3O4. The minimum Gasteiger partial charge on any atom is -0.406 e. The molecule has 0 unspecified atom stereocenters. The summed E-state index contributed by atoms with van der Waals surface area (Å²) in [4.78, 5) is 25.1. The fourth-order valence-electron chi connectivity index (χ4n) is 2.97. The average molecular weight is 507 g/mol. The number of aliphatic hydroxyl groups is 1. The van der Waals surface area contributed by atoms with Gasteiger partial charge in [0.05, 0.1) is 32.7 Å². The van der Waals surface area contributed by atoms with Crippen LogP contribution < -0.4 is 15.6 Å². The van der Waals surface area contributed by atoms with Gasteiger partial charge < -0.3 is 15.2 Å². The summed E-state index contributed by atoms with van der Waals surface area (Å²) in [6.45, 7) is -4.11. The predicted octanol–water partition coefficient (Wildman–Crippen LogP) is 4.21. The molecular weight excluding hydrogens is 491 g/mol. The smallest absolute Gasteiger partial charge is 0.406 e. The van der Waals surface area contributed by atoms with Crippen molar-refractivity contribution in [2.75, 3.05) is 11.9 Å². The zero-order valence-electron chi connectivity index (χ0n) is 19.0. The molecule has 7 nitrogen and oxygen atoms in total. The Balaban J connectivity index is 2.15. The number of aryl methyl sites for hydroxylation is 1. The molecule has 0 fully saturated rings. The van der Waals surface area contributed by atoms with Gasteiger partial charge >= 0.3 is 12.5 Å². The van der Waals surface area contributed by atoms with Crippen LogP contribution in [0, 0.1) is 5.82 Å². The molecule has 14 heteroatoms. The standard InChI is InChI=1S/C21H14F7N3O4/c22-15-6-5-11(35-21(26,27)28)9-13(15)19(34)29-16-10-17(33)31(7-8-32)30-18(16)12-3-1-2-4-14(12)20(23,24)25/h1-6,9-10,32H,7-8H2,(H,29,34)/i8D2. The van der Waals surface area contributed by atoms with Crippen molar-refractivity contribution in [2.24, 2.45) is 0 Å². The van der Waals surface area contributed by atoms with Gasteiger partial charge in [-0.3, -0.25) is 9.59 Å². The number of benzene rings is 2. The zero-order chi connectivity index (χ0) is 27.8. The van der Waals surface area contributed by atoms with Crippen molar-refractivity contribution in [3.05, 3.63) is 75.8 Å².